The molecule has 0 spiro atoms. The van der Waals surface area contributed by atoms with E-state index >= 15 is 0 Å². The molecule has 0 saturated carbocycles. The second-order valence-electron chi connectivity index (χ2n) is 8.11. The molecule has 2 aliphatic heterocycles. The summed E-state index contributed by atoms with van der Waals surface area (Å²) in [6.07, 6.45) is 0. The summed E-state index contributed by atoms with van der Waals surface area (Å²) in [6.45, 7) is 5.18. The van der Waals surface area contributed by atoms with Gasteiger partial charge in [0.2, 0.25) is 0 Å². The molecule has 5 rings (SSSR count). The predicted molar refractivity (Wildman–Crippen MR) is 132 cm³/mol. The standard InChI is InChI=1S/C26H25ClN4O/c27-20-8-11-22-23(16-20)30-26(32)24(22)25(19-4-2-1-3-5-19)29-21-9-6-18(7-10-21)17-31-14-12-28-13-15-31/h1-11,16,28-29H,12-15,17H2,(H,30,32)/b25-24-. The zero-order valence-corrected chi connectivity index (χ0v) is 18.5. The number of benzene rings is 3. The van der Waals surface area contributed by atoms with Gasteiger partial charge < -0.3 is 16.0 Å². The van der Waals surface area contributed by atoms with Gasteiger partial charge in [0, 0.05) is 49.0 Å². The first-order valence-electron chi connectivity index (χ1n) is 10.9. The van der Waals surface area contributed by atoms with Crippen LogP contribution in [0.25, 0.3) is 11.3 Å². The Morgan fingerprint density at radius 3 is 2.47 bits per heavy atom. The number of piperazine rings is 1. The minimum Gasteiger partial charge on any atom is -0.354 e. The number of halogens is 1. The van der Waals surface area contributed by atoms with Crippen LogP contribution in [0.4, 0.5) is 11.4 Å². The third-order valence-corrected chi connectivity index (χ3v) is 6.11. The average Bonchev–Trinajstić information content (AvgIpc) is 3.14. The van der Waals surface area contributed by atoms with Crippen LogP contribution in [0.5, 0.6) is 0 Å². The Labute approximate surface area is 193 Å². The average molecular weight is 445 g/mol. The lowest BCUT2D eigenvalue weighted by molar-refractivity contribution is -0.110. The van der Waals surface area contributed by atoms with Gasteiger partial charge in [-0.15, -0.1) is 0 Å². The number of anilines is 2. The number of amides is 1. The largest absolute Gasteiger partial charge is 0.354 e. The molecule has 0 atom stereocenters. The molecule has 1 fully saturated rings. The molecule has 0 unspecified atom stereocenters. The molecular weight excluding hydrogens is 420 g/mol. The Balaban J connectivity index is 1.47. The molecule has 3 N–H and O–H groups in total. The van der Waals surface area contributed by atoms with Crippen LogP contribution in [0.1, 0.15) is 16.7 Å². The zero-order valence-electron chi connectivity index (χ0n) is 17.7. The Hall–Kier alpha value is -3.12. The van der Waals surface area contributed by atoms with Crippen molar-refractivity contribution >= 4 is 40.2 Å². The van der Waals surface area contributed by atoms with E-state index in [4.69, 9.17) is 11.6 Å². The summed E-state index contributed by atoms with van der Waals surface area (Å²) in [6, 6.07) is 23.9. The summed E-state index contributed by atoms with van der Waals surface area (Å²) in [7, 11) is 0. The molecule has 162 valence electrons. The number of carbonyl (C=O) groups is 1. The van der Waals surface area contributed by atoms with E-state index in [0.717, 1.165) is 60.9 Å². The van der Waals surface area contributed by atoms with E-state index in [1.165, 1.54) is 5.56 Å². The maximum absolute atomic E-state index is 13.0. The van der Waals surface area contributed by atoms with Crippen molar-refractivity contribution in [2.45, 2.75) is 6.54 Å². The smallest absolute Gasteiger partial charge is 0.258 e. The van der Waals surface area contributed by atoms with Crippen LogP contribution in [0.2, 0.25) is 5.02 Å². The second kappa shape index (κ2) is 9.17. The van der Waals surface area contributed by atoms with Crippen molar-refractivity contribution in [1.29, 1.82) is 0 Å². The van der Waals surface area contributed by atoms with Crippen LogP contribution >= 0.6 is 11.6 Å². The number of carbonyl (C=O) groups excluding carboxylic acids is 1. The highest BCUT2D eigenvalue weighted by atomic mass is 35.5. The fraction of sp³-hybridized carbons (Fsp3) is 0.192. The topological polar surface area (TPSA) is 56.4 Å². The molecule has 0 bridgehead atoms. The molecular formula is C26H25ClN4O. The first-order valence-corrected chi connectivity index (χ1v) is 11.3. The number of rotatable bonds is 5. The Kier molecular flexibility index (Phi) is 5.95. The van der Waals surface area contributed by atoms with Gasteiger partial charge in [-0.25, -0.2) is 0 Å². The van der Waals surface area contributed by atoms with Gasteiger partial charge in [-0.05, 0) is 35.4 Å². The normalized spacial score (nSPS) is 17.6. The number of nitrogens with zero attached hydrogens (tertiary/aromatic N) is 1. The molecule has 2 aliphatic rings. The highest BCUT2D eigenvalue weighted by Crippen LogP contribution is 2.38. The first-order chi connectivity index (χ1) is 15.7. The Bertz CT molecular complexity index is 1150. The lowest BCUT2D eigenvalue weighted by atomic mass is 10.00. The maximum Gasteiger partial charge on any atom is 0.258 e. The molecule has 3 aromatic rings. The van der Waals surface area contributed by atoms with Crippen LogP contribution in [-0.4, -0.2) is 37.0 Å². The second-order valence-corrected chi connectivity index (χ2v) is 8.54. The van der Waals surface area contributed by atoms with Gasteiger partial charge in [0.05, 0.1) is 17.0 Å². The predicted octanol–water partition coefficient (Wildman–Crippen LogP) is 4.68. The molecule has 6 heteroatoms. The van der Waals surface area contributed by atoms with Crippen molar-refractivity contribution in [3.05, 3.63) is 94.5 Å². The van der Waals surface area contributed by atoms with Crippen LogP contribution in [-0.2, 0) is 11.3 Å². The van der Waals surface area contributed by atoms with E-state index in [1.807, 2.05) is 42.5 Å². The summed E-state index contributed by atoms with van der Waals surface area (Å²) >= 11 is 6.14. The quantitative estimate of drug-likeness (QED) is 0.500. The molecule has 2 heterocycles. The molecule has 0 aromatic heterocycles. The van der Waals surface area contributed by atoms with E-state index in [2.05, 4.69) is 45.1 Å². The van der Waals surface area contributed by atoms with E-state index in [9.17, 15) is 4.79 Å². The zero-order chi connectivity index (χ0) is 21.9. The minimum absolute atomic E-state index is 0.135. The SMILES string of the molecule is O=C1Nc2cc(Cl)ccc2/C1=C(/Nc1ccc(CN2CCNCC2)cc1)c1ccccc1. The molecule has 5 nitrogen and oxygen atoms in total. The van der Waals surface area contributed by atoms with E-state index in [-0.39, 0.29) is 5.91 Å². The Morgan fingerprint density at radius 1 is 0.969 bits per heavy atom. The molecule has 3 aromatic carbocycles. The van der Waals surface area contributed by atoms with Gasteiger partial charge in [0.15, 0.2) is 0 Å². The van der Waals surface area contributed by atoms with Crippen molar-refractivity contribution in [2.24, 2.45) is 0 Å². The summed E-state index contributed by atoms with van der Waals surface area (Å²) in [5, 5.41) is 10.5. The van der Waals surface area contributed by atoms with Crippen LogP contribution in [0, 0.1) is 0 Å². The van der Waals surface area contributed by atoms with Crippen LogP contribution in [0.15, 0.2) is 72.8 Å². The highest BCUT2D eigenvalue weighted by Gasteiger charge is 2.28. The molecule has 0 aliphatic carbocycles. The van der Waals surface area contributed by atoms with Gasteiger partial charge in [-0.1, -0.05) is 60.1 Å². The first kappa shape index (κ1) is 20.8. The van der Waals surface area contributed by atoms with Crippen molar-refractivity contribution in [3.63, 3.8) is 0 Å². The van der Waals surface area contributed by atoms with Gasteiger partial charge >= 0.3 is 0 Å². The van der Waals surface area contributed by atoms with Gasteiger partial charge in [-0.3, -0.25) is 9.69 Å². The highest BCUT2D eigenvalue weighted by molar-refractivity contribution is 6.38. The van der Waals surface area contributed by atoms with Crippen LogP contribution < -0.4 is 16.0 Å². The molecule has 0 radical (unpaired) electrons. The monoisotopic (exact) mass is 444 g/mol. The van der Waals surface area contributed by atoms with E-state index < -0.39 is 0 Å². The summed E-state index contributed by atoms with van der Waals surface area (Å²) < 4.78 is 0. The van der Waals surface area contributed by atoms with E-state index in [1.54, 1.807) is 6.07 Å². The molecule has 32 heavy (non-hydrogen) atoms. The minimum atomic E-state index is -0.135. The van der Waals surface area contributed by atoms with Crippen molar-refractivity contribution in [1.82, 2.24) is 10.2 Å². The lowest BCUT2D eigenvalue weighted by Gasteiger charge is -2.27. The summed E-state index contributed by atoms with van der Waals surface area (Å²) in [5.74, 6) is -0.135. The fourth-order valence-electron chi connectivity index (χ4n) is 4.24. The molecule has 1 amide bonds. The number of fused-ring (bicyclic) bond motifs is 1. The fourth-order valence-corrected chi connectivity index (χ4v) is 4.41. The lowest BCUT2D eigenvalue weighted by Crippen LogP contribution is -2.42. The van der Waals surface area contributed by atoms with Gasteiger partial charge in [-0.2, -0.15) is 0 Å². The number of nitrogens with one attached hydrogen (secondary N) is 3. The Morgan fingerprint density at radius 2 is 1.72 bits per heavy atom. The summed E-state index contributed by atoms with van der Waals surface area (Å²) in [4.78, 5) is 15.4. The molecule has 1 saturated heterocycles. The van der Waals surface area contributed by atoms with E-state index in [0.29, 0.717) is 10.6 Å². The number of hydrogen-bond donors (Lipinski definition) is 3. The third-order valence-electron chi connectivity index (χ3n) is 5.88. The van der Waals surface area contributed by atoms with Crippen LogP contribution in [0.3, 0.4) is 0 Å². The van der Waals surface area contributed by atoms with Gasteiger partial charge in [0.25, 0.3) is 5.91 Å². The van der Waals surface area contributed by atoms with Crippen molar-refractivity contribution in [3.8, 4) is 0 Å². The number of hydrogen-bond acceptors (Lipinski definition) is 4. The van der Waals surface area contributed by atoms with Crippen molar-refractivity contribution < 1.29 is 4.79 Å². The maximum atomic E-state index is 13.0. The van der Waals surface area contributed by atoms with Gasteiger partial charge in [0.1, 0.15) is 0 Å². The van der Waals surface area contributed by atoms with Crippen molar-refractivity contribution in [2.75, 3.05) is 36.8 Å². The summed E-state index contributed by atoms with van der Waals surface area (Å²) in [5.41, 5.74) is 6.15. The third kappa shape index (κ3) is 4.41.